The molecule has 0 saturated carbocycles. The standard InChI is InChI=1S/C10H15N5O4/c1-15(2)4-3-11-8(17)9(18)13-6-5-12-10(19)14-7(6)16/h5H,3-4H2,1-2H3,(H,11,17)(H,13,18)(H2,12,14,16,19). The quantitative estimate of drug-likeness (QED) is 0.456. The van der Waals surface area contributed by atoms with Crippen LogP contribution in [0.2, 0.25) is 0 Å². The van der Waals surface area contributed by atoms with Crippen molar-refractivity contribution >= 4 is 17.5 Å². The monoisotopic (exact) mass is 269 g/mol. The SMILES string of the molecule is CN(C)CCNC(=O)C(=O)Nc1c[nH]c(=O)[nH]c1=O. The molecule has 0 spiro atoms. The number of nitrogens with zero attached hydrogens (tertiary/aromatic N) is 1. The number of nitrogens with one attached hydrogen (secondary N) is 4. The Morgan fingerprint density at radius 2 is 1.95 bits per heavy atom. The second kappa shape index (κ2) is 6.50. The number of likely N-dealkylation sites (N-methyl/N-ethyl adjacent to an activating group) is 1. The maximum absolute atomic E-state index is 11.4. The lowest BCUT2D eigenvalue weighted by Crippen LogP contribution is -2.40. The Morgan fingerprint density at radius 3 is 2.53 bits per heavy atom. The minimum absolute atomic E-state index is 0.202. The van der Waals surface area contributed by atoms with Gasteiger partial charge in [-0.05, 0) is 14.1 Å². The molecule has 0 fully saturated rings. The maximum Gasteiger partial charge on any atom is 0.325 e. The van der Waals surface area contributed by atoms with E-state index in [1.165, 1.54) is 0 Å². The van der Waals surface area contributed by atoms with Crippen LogP contribution in [0.5, 0.6) is 0 Å². The van der Waals surface area contributed by atoms with Gasteiger partial charge in [0.05, 0.1) is 0 Å². The molecule has 0 aromatic carbocycles. The predicted molar refractivity (Wildman–Crippen MR) is 67.9 cm³/mol. The molecule has 0 saturated heterocycles. The molecular weight excluding hydrogens is 254 g/mol. The number of hydrogen-bond donors (Lipinski definition) is 4. The fourth-order valence-corrected chi connectivity index (χ4v) is 1.16. The third-order valence-corrected chi connectivity index (χ3v) is 2.12. The third-order valence-electron chi connectivity index (χ3n) is 2.12. The summed E-state index contributed by atoms with van der Waals surface area (Å²) >= 11 is 0. The molecule has 1 aromatic heterocycles. The Balaban J connectivity index is 2.57. The zero-order valence-corrected chi connectivity index (χ0v) is 10.6. The first-order valence-electron chi connectivity index (χ1n) is 5.46. The maximum atomic E-state index is 11.4. The van der Waals surface area contributed by atoms with Gasteiger partial charge in [0.1, 0.15) is 5.69 Å². The topological polar surface area (TPSA) is 127 Å². The van der Waals surface area contributed by atoms with Crippen LogP contribution in [-0.2, 0) is 9.59 Å². The minimum atomic E-state index is -0.976. The summed E-state index contributed by atoms with van der Waals surface area (Å²) < 4.78 is 0. The summed E-state index contributed by atoms with van der Waals surface area (Å²) in [6.45, 7) is 0.888. The molecule has 2 amide bonds. The Morgan fingerprint density at radius 1 is 1.26 bits per heavy atom. The molecule has 104 valence electrons. The van der Waals surface area contributed by atoms with Crippen molar-refractivity contribution in [3.05, 3.63) is 27.0 Å². The van der Waals surface area contributed by atoms with E-state index >= 15 is 0 Å². The lowest BCUT2D eigenvalue weighted by atomic mass is 10.4. The molecule has 0 aliphatic heterocycles. The minimum Gasteiger partial charge on any atom is -0.347 e. The highest BCUT2D eigenvalue weighted by atomic mass is 16.2. The van der Waals surface area contributed by atoms with Gasteiger partial charge in [0.15, 0.2) is 0 Å². The Hall–Kier alpha value is -2.42. The fraction of sp³-hybridized carbons (Fsp3) is 0.400. The van der Waals surface area contributed by atoms with Gasteiger partial charge in [-0.2, -0.15) is 0 Å². The van der Waals surface area contributed by atoms with Crippen LogP contribution in [-0.4, -0.2) is 53.9 Å². The largest absolute Gasteiger partial charge is 0.347 e. The number of amides is 2. The Kier molecular flexibility index (Phi) is 5.01. The highest BCUT2D eigenvalue weighted by Crippen LogP contribution is 1.91. The molecule has 9 nitrogen and oxygen atoms in total. The average Bonchev–Trinajstić information content (AvgIpc) is 2.32. The van der Waals surface area contributed by atoms with E-state index in [1.54, 1.807) is 0 Å². The van der Waals surface area contributed by atoms with Crippen LogP contribution in [0, 0.1) is 0 Å². The van der Waals surface area contributed by atoms with Gasteiger partial charge in [-0.15, -0.1) is 0 Å². The number of H-pyrrole nitrogens is 2. The molecule has 4 N–H and O–H groups in total. The van der Waals surface area contributed by atoms with E-state index in [0.29, 0.717) is 13.1 Å². The molecule has 0 atom stereocenters. The van der Waals surface area contributed by atoms with Gasteiger partial charge >= 0.3 is 17.5 Å². The van der Waals surface area contributed by atoms with Crippen molar-refractivity contribution in [1.82, 2.24) is 20.2 Å². The van der Waals surface area contributed by atoms with Gasteiger partial charge in [-0.3, -0.25) is 19.4 Å². The first kappa shape index (κ1) is 14.6. The first-order valence-corrected chi connectivity index (χ1v) is 5.46. The molecule has 1 aromatic rings. The normalized spacial score (nSPS) is 10.3. The van der Waals surface area contributed by atoms with Crippen molar-refractivity contribution in [2.45, 2.75) is 0 Å². The van der Waals surface area contributed by atoms with Crippen LogP contribution in [0.1, 0.15) is 0 Å². The van der Waals surface area contributed by atoms with Gasteiger partial charge in [0.25, 0.3) is 5.56 Å². The van der Waals surface area contributed by atoms with Crippen LogP contribution < -0.4 is 21.9 Å². The predicted octanol–water partition coefficient (Wildman–Crippen LogP) is -2.32. The molecule has 0 unspecified atom stereocenters. The van der Waals surface area contributed by atoms with Crippen molar-refractivity contribution in [3.63, 3.8) is 0 Å². The summed E-state index contributed by atoms with van der Waals surface area (Å²) in [4.78, 5) is 50.8. The summed E-state index contributed by atoms with van der Waals surface area (Å²) in [6, 6.07) is 0. The number of anilines is 1. The zero-order chi connectivity index (χ0) is 14.4. The van der Waals surface area contributed by atoms with Crippen LogP contribution in [0.4, 0.5) is 5.69 Å². The van der Waals surface area contributed by atoms with E-state index < -0.39 is 23.1 Å². The second-order valence-corrected chi connectivity index (χ2v) is 4.00. The van der Waals surface area contributed by atoms with E-state index in [4.69, 9.17) is 0 Å². The summed E-state index contributed by atoms with van der Waals surface area (Å²) in [5, 5.41) is 4.48. The third kappa shape index (κ3) is 4.76. The molecule has 0 aliphatic rings. The molecular formula is C10H15N5O4. The van der Waals surface area contributed by atoms with Crippen molar-refractivity contribution < 1.29 is 9.59 Å². The van der Waals surface area contributed by atoms with Crippen molar-refractivity contribution in [2.24, 2.45) is 0 Å². The summed E-state index contributed by atoms with van der Waals surface area (Å²) in [7, 11) is 3.65. The van der Waals surface area contributed by atoms with Gasteiger partial charge in [-0.1, -0.05) is 0 Å². The van der Waals surface area contributed by atoms with Crippen molar-refractivity contribution in [2.75, 3.05) is 32.5 Å². The van der Waals surface area contributed by atoms with Crippen LogP contribution in [0.3, 0.4) is 0 Å². The molecule has 1 heterocycles. The number of carbonyl (C=O) groups is 2. The molecule has 1 rings (SSSR count). The lowest BCUT2D eigenvalue weighted by Gasteiger charge is -2.10. The van der Waals surface area contributed by atoms with Gasteiger partial charge in [-0.25, -0.2) is 4.79 Å². The van der Waals surface area contributed by atoms with E-state index in [2.05, 4.69) is 15.6 Å². The first-order chi connectivity index (χ1) is 8.90. The van der Waals surface area contributed by atoms with Crippen LogP contribution in [0.25, 0.3) is 0 Å². The van der Waals surface area contributed by atoms with Crippen LogP contribution in [0.15, 0.2) is 15.8 Å². The number of carbonyl (C=O) groups excluding carboxylic acids is 2. The van der Waals surface area contributed by atoms with E-state index in [9.17, 15) is 19.2 Å². The van der Waals surface area contributed by atoms with Gasteiger partial charge in [0, 0.05) is 19.3 Å². The highest BCUT2D eigenvalue weighted by Gasteiger charge is 2.14. The van der Waals surface area contributed by atoms with Crippen molar-refractivity contribution in [1.29, 1.82) is 0 Å². The average molecular weight is 269 g/mol. The number of aromatic amines is 2. The van der Waals surface area contributed by atoms with E-state index in [-0.39, 0.29) is 5.69 Å². The van der Waals surface area contributed by atoms with E-state index in [1.807, 2.05) is 24.0 Å². The van der Waals surface area contributed by atoms with Crippen LogP contribution >= 0.6 is 0 Å². The Bertz CT molecular complexity index is 574. The summed E-state index contributed by atoms with van der Waals surface area (Å²) in [5.41, 5.74) is -1.68. The fourth-order valence-electron chi connectivity index (χ4n) is 1.16. The van der Waals surface area contributed by atoms with E-state index in [0.717, 1.165) is 6.20 Å². The molecule has 0 aliphatic carbocycles. The smallest absolute Gasteiger partial charge is 0.325 e. The molecule has 0 radical (unpaired) electrons. The summed E-state index contributed by atoms with van der Waals surface area (Å²) in [5.74, 6) is -1.83. The number of rotatable bonds is 4. The molecule has 0 bridgehead atoms. The number of aromatic nitrogens is 2. The summed E-state index contributed by atoms with van der Waals surface area (Å²) in [6.07, 6.45) is 1.02. The molecule has 19 heavy (non-hydrogen) atoms. The van der Waals surface area contributed by atoms with Gasteiger partial charge < -0.3 is 20.5 Å². The van der Waals surface area contributed by atoms with Crippen molar-refractivity contribution in [3.8, 4) is 0 Å². The number of hydrogen-bond acceptors (Lipinski definition) is 5. The molecule has 9 heteroatoms. The highest BCUT2D eigenvalue weighted by molar-refractivity contribution is 6.39. The Labute approximate surface area is 108 Å². The zero-order valence-electron chi connectivity index (χ0n) is 10.6. The lowest BCUT2D eigenvalue weighted by molar-refractivity contribution is -0.136. The second-order valence-electron chi connectivity index (χ2n) is 4.00. The van der Waals surface area contributed by atoms with Gasteiger partial charge in [0.2, 0.25) is 0 Å².